The van der Waals surface area contributed by atoms with Crippen molar-refractivity contribution in [2.24, 2.45) is 5.92 Å². The fraction of sp³-hybridized carbons (Fsp3) is 0.733. The Morgan fingerprint density at radius 1 is 1.50 bits per heavy atom. The average molecular weight is 279 g/mol. The normalized spacial score (nSPS) is 23.7. The molecule has 112 valence electrons. The van der Waals surface area contributed by atoms with Crippen LogP contribution in [0.4, 0.5) is 4.79 Å². The van der Waals surface area contributed by atoms with Crippen LogP contribution in [0.5, 0.6) is 0 Å². The van der Waals surface area contributed by atoms with Crippen LogP contribution in [0.25, 0.3) is 0 Å². The van der Waals surface area contributed by atoms with E-state index in [1.807, 2.05) is 31.9 Å². The molecule has 1 aliphatic heterocycles. The van der Waals surface area contributed by atoms with Crippen molar-refractivity contribution in [3.05, 3.63) is 18.0 Å². The van der Waals surface area contributed by atoms with Gasteiger partial charge in [-0.1, -0.05) is 13.3 Å². The first-order valence-corrected chi connectivity index (χ1v) is 7.39. The number of hydrogen-bond acceptors (Lipinski definition) is 3. The fourth-order valence-corrected chi connectivity index (χ4v) is 2.69. The molecule has 1 aromatic rings. The van der Waals surface area contributed by atoms with Crippen molar-refractivity contribution < 1.29 is 9.53 Å². The number of aromatic amines is 1. The van der Waals surface area contributed by atoms with Crippen LogP contribution in [0.15, 0.2) is 12.4 Å². The van der Waals surface area contributed by atoms with Gasteiger partial charge in [-0.25, -0.2) is 4.79 Å². The summed E-state index contributed by atoms with van der Waals surface area (Å²) in [6, 6.07) is 0.0754. The van der Waals surface area contributed by atoms with E-state index in [0.29, 0.717) is 5.92 Å². The van der Waals surface area contributed by atoms with Crippen LogP contribution in [0, 0.1) is 5.92 Å². The van der Waals surface area contributed by atoms with Crippen molar-refractivity contribution in [1.82, 2.24) is 15.1 Å². The van der Waals surface area contributed by atoms with E-state index in [4.69, 9.17) is 4.74 Å². The summed E-state index contributed by atoms with van der Waals surface area (Å²) in [4.78, 5) is 14.3. The maximum absolute atomic E-state index is 12.5. The molecule has 0 saturated carbocycles. The zero-order valence-corrected chi connectivity index (χ0v) is 12.8. The monoisotopic (exact) mass is 279 g/mol. The molecule has 1 N–H and O–H groups in total. The second-order valence-electron chi connectivity index (χ2n) is 6.53. The number of aromatic nitrogens is 2. The number of nitrogens with one attached hydrogen (secondary N) is 1. The minimum atomic E-state index is -0.461. The topological polar surface area (TPSA) is 58.2 Å². The standard InChI is InChI=1S/C15H25N3O2/c1-5-11-6-7-13(12-8-16-17-9-12)18(10-11)14(19)20-15(2,3)4/h8-9,11,13H,5-7,10H2,1-4H3,(H,16,17)/t11?,13-/m0/s1. The SMILES string of the molecule is CCC1CC[C@@H](c2cn[nH]c2)N(C(=O)OC(C)(C)C)C1. The average Bonchev–Trinajstić information content (AvgIpc) is 2.89. The lowest BCUT2D eigenvalue weighted by Gasteiger charge is -2.39. The first-order valence-electron chi connectivity index (χ1n) is 7.39. The van der Waals surface area contributed by atoms with Gasteiger partial charge in [0.15, 0.2) is 0 Å². The zero-order chi connectivity index (χ0) is 14.8. The largest absolute Gasteiger partial charge is 0.444 e. The number of piperidine rings is 1. The number of ether oxygens (including phenoxy) is 1. The highest BCUT2D eigenvalue weighted by atomic mass is 16.6. The molecule has 1 amide bonds. The molecule has 20 heavy (non-hydrogen) atoms. The minimum absolute atomic E-state index is 0.0754. The van der Waals surface area contributed by atoms with Crippen LogP contribution < -0.4 is 0 Å². The number of carbonyl (C=O) groups is 1. The lowest BCUT2D eigenvalue weighted by atomic mass is 9.89. The van der Waals surface area contributed by atoms with E-state index in [1.54, 1.807) is 6.20 Å². The minimum Gasteiger partial charge on any atom is -0.444 e. The maximum atomic E-state index is 12.5. The van der Waals surface area contributed by atoms with Crippen LogP contribution in [-0.2, 0) is 4.74 Å². The van der Waals surface area contributed by atoms with E-state index < -0.39 is 5.60 Å². The van der Waals surface area contributed by atoms with Gasteiger partial charge < -0.3 is 9.64 Å². The highest BCUT2D eigenvalue weighted by Crippen LogP contribution is 2.35. The highest BCUT2D eigenvalue weighted by molar-refractivity contribution is 5.69. The van der Waals surface area contributed by atoms with E-state index in [0.717, 1.165) is 31.4 Å². The summed E-state index contributed by atoms with van der Waals surface area (Å²) in [7, 11) is 0. The molecule has 1 saturated heterocycles. The summed E-state index contributed by atoms with van der Waals surface area (Å²) in [6.07, 6.45) is 6.66. The van der Waals surface area contributed by atoms with E-state index in [-0.39, 0.29) is 12.1 Å². The van der Waals surface area contributed by atoms with Gasteiger partial charge in [0, 0.05) is 18.3 Å². The Hall–Kier alpha value is -1.52. The Balaban J connectivity index is 2.16. The van der Waals surface area contributed by atoms with Crippen molar-refractivity contribution in [3.63, 3.8) is 0 Å². The quantitative estimate of drug-likeness (QED) is 0.901. The lowest BCUT2D eigenvalue weighted by Crippen LogP contribution is -2.44. The number of hydrogen-bond donors (Lipinski definition) is 1. The van der Waals surface area contributed by atoms with E-state index in [2.05, 4.69) is 17.1 Å². The second kappa shape index (κ2) is 5.85. The Bertz CT molecular complexity index is 436. The van der Waals surface area contributed by atoms with Crippen LogP contribution in [0.1, 0.15) is 58.6 Å². The molecule has 0 aliphatic carbocycles. The molecule has 2 rings (SSSR count). The molecule has 1 unspecified atom stereocenters. The number of likely N-dealkylation sites (tertiary alicyclic amines) is 1. The predicted octanol–water partition coefficient (Wildman–Crippen LogP) is 3.51. The van der Waals surface area contributed by atoms with Gasteiger partial charge in [-0.2, -0.15) is 5.10 Å². The van der Waals surface area contributed by atoms with Gasteiger partial charge in [-0.3, -0.25) is 5.10 Å². The van der Waals surface area contributed by atoms with Crippen LogP contribution in [-0.4, -0.2) is 33.3 Å². The maximum Gasteiger partial charge on any atom is 0.410 e. The van der Waals surface area contributed by atoms with Gasteiger partial charge in [0.1, 0.15) is 5.60 Å². The molecular weight excluding hydrogens is 254 g/mol. The fourth-order valence-electron chi connectivity index (χ4n) is 2.69. The van der Waals surface area contributed by atoms with Crippen LogP contribution in [0.2, 0.25) is 0 Å². The van der Waals surface area contributed by atoms with Crippen molar-refractivity contribution in [2.75, 3.05) is 6.54 Å². The summed E-state index contributed by atoms with van der Waals surface area (Å²) in [6.45, 7) is 8.65. The van der Waals surface area contributed by atoms with Crippen molar-refractivity contribution in [2.45, 2.75) is 58.6 Å². The van der Waals surface area contributed by atoms with E-state index in [1.165, 1.54) is 0 Å². The van der Waals surface area contributed by atoms with Crippen molar-refractivity contribution in [1.29, 1.82) is 0 Å². The highest BCUT2D eigenvalue weighted by Gasteiger charge is 2.34. The number of amides is 1. The van der Waals surface area contributed by atoms with Crippen molar-refractivity contribution >= 4 is 6.09 Å². The third-order valence-electron chi connectivity index (χ3n) is 3.79. The summed E-state index contributed by atoms with van der Waals surface area (Å²) < 4.78 is 5.55. The Labute approximate surface area is 120 Å². The van der Waals surface area contributed by atoms with Gasteiger partial charge in [0.05, 0.1) is 12.2 Å². The van der Waals surface area contributed by atoms with Gasteiger partial charge in [0.25, 0.3) is 0 Å². The molecule has 0 radical (unpaired) electrons. The molecule has 5 heteroatoms. The van der Waals surface area contributed by atoms with Gasteiger partial charge >= 0.3 is 6.09 Å². The Kier molecular flexibility index (Phi) is 4.35. The van der Waals surface area contributed by atoms with Crippen LogP contribution in [0.3, 0.4) is 0 Å². The Morgan fingerprint density at radius 2 is 2.25 bits per heavy atom. The first kappa shape index (κ1) is 14.9. The molecule has 5 nitrogen and oxygen atoms in total. The number of rotatable bonds is 2. The molecule has 1 fully saturated rings. The number of H-pyrrole nitrogens is 1. The molecule has 0 spiro atoms. The predicted molar refractivity (Wildman–Crippen MR) is 77.3 cm³/mol. The summed E-state index contributed by atoms with van der Waals surface area (Å²) in [5, 5.41) is 6.83. The molecule has 1 aromatic heterocycles. The lowest BCUT2D eigenvalue weighted by molar-refractivity contribution is 0.00220. The van der Waals surface area contributed by atoms with Crippen molar-refractivity contribution in [3.8, 4) is 0 Å². The molecule has 1 aliphatic rings. The van der Waals surface area contributed by atoms with Crippen LogP contribution >= 0.6 is 0 Å². The van der Waals surface area contributed by atoms with Gasteiger partial charge in [0.2, 0.25) is 0 Å². The summed E-state index contributed by atoms with van der Waals surface area (Å²) >= 11 is 0. The molecule has 0 aromatic carbocycles. The zero-order valence-electron chi connectivity index (χ0n) is 12.8. The first-order chi connectivity index (χ1) is 9.40. The third-order valence-corrected chi connectivity index (χ3v) is 3.79. The number of nitrogens with zero attached hydrogens (tertiary/aromatic N) is 2. The van der Waals surface area contributed by atoms with Gasteiger partial charge in [-0.05, 0) is 39.5 Å². The molecule has 2 atom stereocenters. The smallest absolute Gasteiger partial charge is 0.410 e. The number of carbonyl (C=O) groups excluding carboxylic acids is 1. The third kappa shape index (κ3) is 3.52. The second-order valence-corrected chi connectivity index (χ2v) is 6.53. The molecule has 0 bridgehead atoms. The van der Waals surface area contributed by atoms with Gasteiger partial charge in [-0.15, -0.1) is 0 Å². The molecule has 2 heterocycles. The molecular formula is C15H25N3O2. The van der Waals surface area contributed by atoms with E-state index >= 15 is 0 Å². The summed E-state index contributed by atoms with van der Waals surface area (Å²) in [5.74, 6) is 0.561. The van der Waals surface area contributed by atoms with E-state index in [9.17, 15) is 4.79 Å². The Morgan fingerprint density at radius 3 is 2.80 bits per heavy atom. The summed E-state index contributed by atoms with van der Waals surface area (Å²) in [5.41, 5.74) is 0.599.